The third-order valence-corrected chi connectivity index (χ3v) is 11.7. The van der Waals surface area contributed by atoms with Crippen LogP contribution in [0.5, 0.6) is 0 Å². The molecule has 78 valence electrons. The van der Waals surface area contributed by atoms with E-state index in [4.69, 9.17) is 0 Å². The molecule has 9 aliphatic carbocycles. The molecule has 0 N–H and O–H groups in total. The van der Waals surface area contributed by atoms with Crippen molar-refractivity contribution in [3.8, 4) is 0 Å². The van der Waals surface area contributed by atoms with Crippen LogP contribution in [0.25, 0.3) is 0 Å². The van der Waals surface area contributed by atoms with Crippen molar-refractivity contribution in [2.75, 3.05) is 0 Å². The number of rotatable bonds is 1. The Kier molecular flexibility index (Phi) is 0.779. The van der Waals surface area contributed by atoms with Crippen LogP contribution in [0.4, 0.5) is 0 Å². The minimum Gasteiger partial charge on any atom is -0.0788 e. The van der Waals surface area contributed by atoms with Gasteiger partial charge in [0.05, 0.1) is 0 Å². The van der Waals surface area contributed by atoms with E-state index >= 15 is 0 Å². The maximum atomic E-state index is 2.86. The highest BCUT2D eigenvalue weighted by Crippen LogP contribution is 3.13. The maximum Gasteiger partial charge on any atom is 0.0324 e. The standard InChI is InChI=1S/C13H12I2/c14-11-1-10(2-11,3-11)12-4-7-5(12)9-6(12)8(4)13(7,9)15/h4-9H,1-3H2. The van der Waals surface area contributed by atoms with E-state index < -0.39 is 0 Å². The molecule has 15 heavy (non-hydrogen) atoms. The Hall–Kier alpha value is 1.46. The summed E-state index contributed by atoms with van der Waals surface area (Å²) < 4.78 is 1.72. The van der Waals surface area contributed by atoms with Crippen molar-refractivity contribution in [2.24, 2.45) is 46.3 Å². The summed E-state index contributed by atoms with van der Waals surface area (Å²) in [6, 6.07) is 0. The molecule has 0 unspecified atom stereocenters. The summed E-state index contributed by atoms with van der Waals surface area (Å²) in [5.41, 5.74) is 1.95. The fourth-order valence-corrected chi connectivity index (χ4v) is 13.1. The second-order valence-corrected chi connectivity index (χ2v) is 12.0. The van der Waals surface area contributed by atoms with Gasteiger partial charge in [-0.3, -0.25) is 0 Å². The molecule has 0 heterocycles. The lowest BCUT2D eigenvalue weighted by Crippen LogP contribution is -3.14. The zero-order chi connectivity index (χ0) is 9.59. The van der Waals surface area contributed by atoms with Gasteiger partial charge in [-0.1, -0.05) is 45.2 Å². The highest BCUT2D eigenvalue weighted by molar-refractivity contribution is 14.1. The summed E-state index contributed by atoms with van der Waals surface area (Å²) in [7, 11) is 0. The SMILES string of the molecule is IC12CC(C34C5C6C3C3C4C5C63I)(C1)C2. The Labute approximate surface area is 117 Å². The molecular weight excluding hydrogens is 410 g/mol. The largest absolute Gasteiger partial charge is 0.0788 e. The Morgan fingerprint density at radius 2 is 1.20 bits per heavy atom. The second-order valence-electron chi connectivity index (χ2n) is 7.88. The van der Waals surface area contributed by atoms with Gasteiger partial charge >= 0.3 is 0 Å². The highest BCUT2D eigenvalue weighted by Gasteiger charge is 3.12. The minimum atomic E-state index is 0.814. The van der Waals surface area contributed by atoms with Crippen molar-refractivity contribution in [2.45, 2.75) is 26.1 Å². The Bertz CT molecular complexity index is 419. The zero-order valence-electron chi connectivity index (χ0n) is 8.34. The minimum absolute atomic E-state index is 0.814. The normalized spacial score (nSPS) is 99.6. The lowest BCUT2D eigenvalue weighted by atomic mass is 8.92. The predicted molar refractivity (Wildman–Crippen MR) is 73.2 cm³/mol. The van der Waals surface area contributed by atoms with Gasteiger partial charge in [0.25, 0.3) is 0 Å². The summed E-state index contributed by atoms with van der Waals surface area (Å²) in [6.07, 6.45) is 4.89. The first-order chi connectivity index (χ1) is 7.10. The molecule has 0 aromatic rings. The van der Waals surface area contributed by atoms with Crippen LogP contribution in [0.1, 0.15) is 19.3 Å². The molecule has 9 aliphatic rings. The molecule has 9 rings (SSSR count). The fourth-order valence-electron chi connectivity index (χ4n) is 8.58. The van der Waals surface area contributed by atoms with Gasteiger partial charge in [0.15, 0.2) is 0 Å². The summed E-state index contributed by atoms with van der Waals surface area (Å²) in [4.78, 5) is 0. The molecule has 9 saturated carbocycles. The average molecular weight is 422 g/mol. The zero-order valence-corrected chi connectivity index (χ0v) is 12.7. The van der Waals surface area contributed by atoms with Crippen LogP contribution in [-0.2, 0) is 0 Å². The molecule has 0 spiro atoms. The van der Waals surface area contributed by atoms with Crippen molar-refractivity contribution in [3.05, 3.63) is 0 Å². The van der Waals surface area contributed by atoms with E-state index in [0.29, 0.717) is 0 Å². The summed E-state index contributed by atoms with van der Waals surface area (Å²) in [6.45, 7) is 0. The fraction of sp³-hybridized carbons (Fsp3) is 1.00. The van der Waals surface area contributed by atoms with Crippen molar-refractivity contribution in [1.29, 1.82) is 0 Å². The van der Waals surface area contributed by atoms with Crippen LogP contribution < -0.4 is 0 Å². The third-order valence-electron chi connectivity index (χ3n) is 8.39. The second kappa shape index (κ2) is 1.50. The van der Waals surface area contributed by atoms with E-state index in [1.54, 1.807) is 19.3 Å². The first-order valence-corrected chi connectivity index (χ1v) is 8.64. The molecule has 0 radical (unpaired) electrons. The Morgan fingerprint density at radius 3 is 1.60 bits per heavy atom. The number of alkyl halides is 2. The lowest BCUT2D eigenvalue weighted by Gasteiger charge is -3.14. The van der Waals surface area contributed by atoms with Crippen LogP contribution in [0, 0.1) is 46.3 Å². The van der Waals surface area contributed by atoms with E-state index in [1.165, 1.54) is 35.5 Å². The van der Waals surface area contributed by atoms with Gasteiger partial charge in [-0.15, -0.1) is 0 Å². The quantitative estimate of drug-likeness (QED) is 0.450. The molecule has 0 aromatic carbocycles. The molecule has 2 heteroatoms. The van der Waals surface area contributed by atoms with Crippen LogP contribution in [0.2, 0.25) is 0 Å². The first-order valence-electron chi connectivity index (χ1n) is 6.48. The molecule has 9 fully saturated rings. The molecule has 0 aliphatic heterocycles. The van der Waals surface area contributed by atoms with Gasteiger partial charge < -0.3 is 0 Å². The van der Waals surface area contributed by atoms with Gasteiger partial charge in [0.2, 0.25) is 0 Å². The summed E-state index contributed by atoms with van der Waals surface area (Å²) >= 11 is 5.62. The number of hydrogen-bond donors (Lipinski definition) is 0. The number of halogens is 2. The van der Waals surface area contributed by atoms with Crippen molar-refractivity contribution in [1.82, 2.24) is 0 Å². The molecular formula is C13H12I2. The van der Waals surface area contributed by atoms with E-state index in [9.17, 15) is 0 Å². The summed E-state index contributed by atoms with van der Waals surface area (Å²) in [5, 5.41) is 0. The smallest absolute Gasteiger partial charge is 0.0324 e. The average Bonchev–Trinajstić information content (AvgIpc) is 2.13. The molecule has 0 aromatic heterocycles. The summed E-state index contributed by atoms with van der Waals surface area (Å²) in [5.74, 6) is 7.56. The van der Waals surface area contributed by atoms with Gasteiger partial charge in [-0.25, -0.2) is 0 Å². The molecule has 0 saturated heterocycles. The maximum absolute atomic E-state index is 2.86. The van der Waals surface area contributed by atoms with Crippen LogP contribution >= 0.6 is 45.2 Å². The van der Waals surface area contributed by atoms with Gasteiger partial charge in [0.1, 0.15) is 0 Å². The molecule has 2 bridgehead atoms. The van der Waals surface area contributed by atoms with Crippen molar-refractivity contribution < 1.29 is 0 Å². The first kappa shape index (κ1) is 7.80. The predicted octanol–water partition coefficient (Wildman–Crippen LogP) is 3.27. The molecule has 0 nitrogen and oxygen atoms in total. The monoisotopic (exact) mass is 422 g/mol. The number of hydrogen-bond acceptors (Lipinski definition) is 0. The van der Waals surface area contributed by atoms with Gasteiger partial charge in [0, 0.05) is 6.84 Å². The van der Waals surface area contributed by atoms with E-state index in [-0.39, 0.29) is 0 Å². The van der Waals surface area contributed by atoms with E-state index in [1.807, 2.05) is 0 Å². The topological polar surface area (TPSA) is 0 Å². The van der Waals surface area contributed by atoms with Gasteiger partial charge in [-0.2, -0.15) is 0 Å². The van der Waals surface area contributed by atoms with Crippen LogP contribution in [-0.4, -0.2) is 6.84 Å². The lowest BCUT2D eigenvalue weighted by molar-refractivity contribution is -0.630. The molecule has 0 atom stereocenters. The van der Waals surface area contributed by atoms with E-state index in [2.05, 4.69) is 45.2 Å². The Balaban J connectivity index is 1.42. The van der Waals surface area contributed by atoms with Crippen molar-refractivity contribution in [3.63, 3.8) is 0 Å². The van der Waals surface area contributed by atoms with Crippen LogP contribution in [0.3, 0.4) is 0 Å². The van der Waals surface area contributed by atoms with Crippen molar-refractivity contribution >= 4 is 45.2 Å². The van der Waals surface area contributed by atoms with E-state index in [0.717, 1.165) is 17.7 Å². The highest BCUT2D eigenvalue weighted by atomic mass is 127. The third kappa shape index (κ3) is 0.358. The van der Waals surface area contributed by atoms with Gasteiger partial charge in [-0.05, 0) is 65.6 Å². The molecule has 0 amide bonds. The van der Waals surface area contributed by atoms with Crippen LogP contribution in [0.15, 0.2) is 0 Å². The Morgan fingerprint density at radius 1 is 0.733 bits per heavy atom.